The molecule has 1 N–H and O–H groups in total. The van der Waals surface area contributed by atoms with E-state index in [4.69, 9.17) is 21.1 Å². The van der Waals surface area contributed by atoms with Gasteiger partial charge in [0.1, 0.15) is 11.3 Å². The number of hydrogen-bond donors (Lipinski definition) is 1. The number of aryl methyl sites for hydroxylation is 1. The molecule has 8 rings (SSSR count). The second-order valence-electron chi connectivity index (χ2n) is 19.1. The minimum Gasteiger partial charge on any atom is -0.493 e. The predicted octanol–water partition coefficient (Wildman–Crippen LogP) is 9.67. The molecule has 0 unspecified atom stereocenters. The van der Waals surface area contributed by atoms with Crippen molar-refractivity contribution in [2.45, 2.75) is 107 Å². The molecule has 65 heavy (non-hydrogen) atoms. The van der Waals surface area contributed by atoms with Crippen molar-refractivity contribution in [2.24, 2.45) is 11.8 Å². The molecule has 13 heteroatoms. The van der Waals surface area contributed by atoms with Crippen LogP contribution in [0, 0.1) is 11.8 Å². The van der Waals surface area contributed by atoms with Crippen LogP contribution >= 0.6 is 11.6 Å². The van der Waals surface area contributed by atoms with Gasteiger partial charge in [-0.3, -0.25) is 19.6 Å². The number of carbonyl (C=O) groups is 2. The summed E-state index contributed by atoms with van der Waals surface area (Å²) >= 11 is 6.30. The highest BCUT2D eigenvalue weighted by atomic mass is 35.5. The van der Waals surface area contributed by atoms with Crippen molar-refractivity contribution >= 4 is 29.2 Å². The number of pyridine rings is 1. The average molecular weight is 916 g/mol. The zero-order valence-electron chi connectivity index (χ0n) is 37.8. The number of rotatable bonds is 14. The molecule has 1 saturated carbocycles. The number of β-amino-alcohol motifs (C(OH)–C–C–N with tert-alkyl or cyclic N) is 1. The van der Waals surface area contributed by atoms with Crippen LogP contribution in [0.5, 0.6) is 5.75 Å². The normalized spacial score (nSPS) is 24.5. The minimum absolute atomic E-state index is 0.0475. The molecule has 348 valence electrons. The summed E-state index contributed by atoms with van der Waals surface area (Å²) in [5.74, 6) is -1.66. The summed E-state index contributed by atoms with van der Waals surface area (Å²) in [6.45, 7) is 9.88. The van der Waals surface area contributed by atoms with Crippen molar-refractivity contribution in [3.05, 3.63) is 124 Å². The number of aromatic nitrogens is 1. The van der Waals surface area contributed by atoms with Gasteiger partial charge in [-0.1, -0.05) is 80.0 Å². The number of carbonyl (C=O) groups excluding carboxylic acids is 2. The standard InChI is InChI=1S/C52H62ClF3N4O5/c1-35(34-65-46-17-23-57-44-14-7-9-36(2)47(44)46)29-40-30-38-15-16-39(45(61)33-59-27-25-58(26-28-59)24-18-37-10-5-4-6-11-37)31-43(38)50(40)19-21-51(22-20-50,49(63)64-3)60(48(62)52(54,55)56)42-13-8-12-41(53)32-42/h4-6,8,10-13,15-17,23,31-32,35-36,40,45,61H,7,9,14,18-22,24-30,33-34H2,1-3H3/t35-,36-,40+,45+,50?,51?/m1/s1. The summed E-state index contributed by atoms with van der Waals surface area (Å²) in [5, 5.41) is 12.0. The summed E-state index contributed by atoms with van der Waals surface area (Å²) in [5.41, 5.74) is 3.97. The van der Waals surface area contributed by atoms with Crippen LogP contribution in [0.15, 0.2) is 85.1 Å². The van der Waals surface area contributed by atoms with Crippen molar-refractivity contribution < 1.29 is 37.3 Å². The first-order valence-electron chi connectivity index (χ1n) is 23.4. The molecule has 2 heterocycles. The number of nitrogens with zero attached hydrogens (tertiary/aromatic N) is 4. The van der Waals surface area contributed by atoms with Gasteiger partial charge in [0.2, 0.25) is 0 Å². The number of fused-ring (bicyclic) bond motifs is 3. The number of aliphatic hydroxyl groups excluding tert-OH is 1. The van der Waals surface area contributed by atoms with Gasteiger partial charge in [-0.25, -0.2) is 4.79 Å². The van der Waals surface area contributed by atoms with E-state index >= 15 is 0 Å². The van der Waals surface area contributed by atoms with Crippen LogP contribution in [0.1, 0.15) is 104 Å². The van der Waals surface area contributed by atoms with Gasteiger partial charge in [-0.15, -0.1) is 0 Å². The topological polar surface area (TPSA) is 95.4 Å². The second-order valence-corrected chi connectivity index (χ2v) is 19.6. The SMILES string of the molecule is COC(=O)C1(N(C(=O)C(F)(F)F)c2cccc(Cl)c2)CCC2(CC1)c1cc([C@@H](O)CN3CCN(CCc4ccccc4)CC3)ccc1C[C@@H]2C[C@@H](C)COc1ccnc2c1[C@H](C)CCC2. The van der Waals surface area contributed by atoms with E-state index < -0.39 is 35.1 Å². The quantitative estimate of drug-likeness (QED) is 0.125. The number of esters is 1. The maximum Gasteiger partial charge on any atom is 0.471 e. The zero-order valence-corrected chi connectivity index (χ0v) is 38.5. The number of aliphatic hydroxyl groups is 1. The molecule has 0 bridgehead atoms. The molecule has 1 saturated heterocycles. The number of alkyl halides is 3. The fourth-order valence-electron chi connectivity index (χ4n) is 11.6. The number of piperazine rings is 1. The van der Waals surface area contributed by atoms with Gasteiger partial charge in [0.25, 0.3) is 0 Å². The lowest BCUT2D eigenvalue weighted by molar-refractivity contribution is -0.174. The lowest BCUT2D eigenvalue weighted by atomic mass is 9.59. The Kier molecular flexibility index (Phi) is 14.3. The van der Waals surface area contributed by atoms with Gasteiger partial charge in [0.05, 0.1) is 19.8 Å². The molecule has 1 spiro atoms. The maximum absolute atomic E-state index is 14.6. The molecule has 4 atom stereocenters. The molecule has 1 aromatic heterocycles. The minimum atomic E-state index is -5.28. The summed E-state index contributed by atoms with van der Waals surface area (Å²) in [7, 11) is 1.15. The first kappa shape index (κ1) is 47.0. The van der Waals surface area contributed by atoms with E-state index in [-0.39, 0.29) is 35.4 Å². The second kappa shape index (κ2) is 19.8. The Morgan fingerprint density at radius 3 is 2.42 bits per heavy atom. The van der Waals surface area contributed by atoms with Gasteiger partial charge < -0.3 is 19.5 Å². The third-order valence-corrected chi connectivity index (χ3v) is 15.3. The monoisotopic (exact) mass is 914 g/mol. The number of halogens is 4. The van der Waals surface area contributed by atoms with Gasteiger partial charge in [-0.05, 0) is 134 Å². The molecule has 1 aliphatic heterocycles. The molecule has 0 radical (unpaired) electrons. The van der Waals surface area contributed by atoms with E-state index in [2.05, 4.69) is 65.0 Å². The summed E-state index contributed by atoms with van der Waals surface area (Å²) in [4.78, 5) is 37.6. The number of hydrogen-bond acceptors (Lipinski definition) is 8. The van der Waals surface area contributed by atoms with Crippen LogP contribution in [-0.4, -0.2) is 96.5 Å². The first-order chi connectivity index (χ1) is 31.2. The van der Waals surface area contributed by atoms with E-state index in [1.807, 2.05) is 24.4 Å². The van der Waals surface area contributed by atoms with E-state index in [0.717, 1.165) is 106 Å². The number of ether oxygens (including phenoxy) is 2. The summed E-state index contributed by atoms with van der Waals surface area (Å²) < 4.78 is 55.6. The highest BCUT2D eigenvalue weighted by Crippen LogP contribution is 2.58. The summed E-state index contributed by atoms with van der Waals surface area (Å²) in [6.07, 6.45) is 1.90. The molecule has 4 aliphatic rings. The molecule has 3 aliphatic carbocycles. The van der Waals surface area contributed by atoms with E-state index in [0.29, 0.717) is 36.8 Å². The molecular formula is C52H62ClF3N4O5. The Hall–Kier alpha value is -4.49. The van der Waals surface area contributed by atoms with Crippen molar-refractivity contribution in [2.75, 3.05) is 57.9 Å². The highest BCUT2D eigenvalue weighted by Gasteiger charge is 2.60. The van der Waals surface area contributed by atoms with E-state index in [1.165, 1.54) is 35.4 Å². The molecular weight excluding hydrogens is 853 g/mol. The van der Waals surface area contributed by atoms with Crippen LogP contribution in [-0.2, 0) is 39.0 Å². The smallest absolute Gasteiger partial charge is 0.471 e. The van der Waals surface area contributed by atoms with Gasteiger partial charge in [0, 0.05) is 67.4 Å². The van der Waals surface area contributed by atoms with E-state index in [9.17, 15) is 27.9 Å². The van der Waals surface area contributed by atoms with Crippen molar-refractivity contribution in [1.82, 2.24) is 14.8 Å². The number of benzene rings is 3. The Morgan fingerprint density at radius 1 is 0.969 bits per heavy atom. The molecule has 9 nitrogen and oxygen atoms in total. The maximum atomic E-state index is 14.6. The number of methoxy groups -OCH3 is 1. The van der Waals surface area contributed by atoms with Crippen LogP contribution in [0.25, 0.3) is 0 Å². The Morgan fingerprint density at radius 2 is 1.71 bits per heavy atom. The number of anilines is 1. The van der Waals surface area contributed by atoms with Gasteiger partial charge in [0.15, 0.2) is 0 Å². The lowest BCUT2D eigenvalue weighted by Crippen LogP contribution is -2.63. The third kappa shape index (κ3) is 9.97. The molecule has 2 fully saturated rings. The molecule has 3 aromatic carbocycles. The molecule has 1 amide bonds. The number of amides is 1. The Bertz CT molecular complexity index is 2300. The van der Waals surface area contributed by atoms with Crippen LogP contribution in [0.3, 0.4) is 0 Å². The summed E-state index contributed by atoms with van der Waals surface area (Å²) in [6, 6.07) is 24.3. The van der Waals surface area contributed by atoms with Gasteiger partial charge in [-0.2, -0.15) is 13.2 Å². The van der Waals surface area contributed by atoms with Crippen LogP contribution in [0.4, 0.5) is 18.9 Å². The highest BCUT2D eigenvalue weighted by molar-refractivity contribution is 6.31. The first-order valence-corrected chi connectivity index (χ1v) is 23.7. The van der Waals surface area contributed by atoms with Crippen molar-refractivity contribution in [1.29, 1.82) is 0 Å². The fraction of sp³-hybridized carbons (Fsp3) is 0.519. The van der Waals surface area contributed by atoms with E-state index in [1.54, 1.807) is 0 Å². The van der Waals surface area contributed by atoms with Crippen LogP contribution < -0.4 is 9.64 Å². The van der Waals surface area contributed by atoms with Crippen molar-refractivity contribution in [3.8, 4) is 5.75 Å². The fourth-order valence-corrected chi connectivity index (χ4v) is 11.7. The van der Waals surface area contributed by atoms with Crippen LogP contribution in [0.2, 0.25) is 5.02 Å². The lowest BCUT2D eigenvalue weighted by Gasteiger charge is -2.51. The van der Waals surface area contributed by atoms with Gasteiger partial charge >= 0.3 is 18.1 Å². The largest absolute Gasteiger partial charge is 0.493 e. The third-order valence-electron chi connectivity index (χ3n) is 15.0. The zero-order chi connectivity index (χ0) is 45.9. The molecule has 4 aromatic rings. The van der Waals surface area contributed by atoms with Crippen molar-refractivity contribution in [3.63, 3.8) is 0 Å². The Labute approximate surface area is 386 Å². The Balaban J connectivity index is 1.05. The predicted molar refractivity (Wildman–Crippen MR) is 246 cm³/mol. The average Bonchev–Trinajstić information content (AvgIpc) is 3.59.